The first-order valence-electron chi connectivity index (χ1n) is 5.66. The van der Waals surface area contributed by atoms with Crippen LogP contribution in [0.15, 0.2) is 40.4 Å². The Morgan fingerprint density at radius 2 is 2.12 bits per heavy atom. The molecule has 0 spiro atoms. The molecule has 0 aliphatic carbocycles. The molecule has 4 heteroatoms. The summed E-state index contributed by atoms with van der Waals surface area (Å²) in [5.74, 6) is 0. The standard InChI is InChI=1S/C13H15BrN2S/c1-2-16-12(13-8-15-9-17-13)7-10-3-5-11(14)6-4-10/h3-6,8-9,12,16H,2,7H2,1H3. The van der Waals surface area contributed by atoms with Gasteiger partial charge in [0.15, 0.2) is 0 Å². The Balaban J connectivity index is 2.10. The lowest BCUT2D eigenvalue weighted by Gasteiger charge is -2.16. The number of thiazole rings is 1. The van der Waals surface area contributed by atoms with E-state index < -0.39 is 0 Å². The molecule has 0 bridgehead atoms. The summed E-state index contributed by atoms with van der Waals surface area (Å²) in [7, 11) is 0. The van der Waals surface area contributed by atoms with Crippen molar-refractivity contribution < 1.29 is 0 Å². The van der Waals surface area contributed by atoms with Crippen molar-refractivity contribution in [3.8, 4) is 0 Å². The third kappa shape index (κ3) is 3.63. The lowest BCUT2D eigenvalue weighted by Crippen LogP contribution is -2.22. The van der Waals surface area contributed by atoms with Gasteiger partial charge in [-0.05, 0) is 30.7 Å². The molecule has 0 saturated heterocycles. The van der Waals surface area contributed by atoms with Crippen molar-refractivity contribution in [1.82, 2.24) is 10.3 Å². The van der Waals surface area contributed by atoms with Gasteiger partial charge in [0.05, 0.1) is 5.51 Å². The van der Waals surface area contributed by atoms with Crippen molar-refractivity contribution in [3.05, 3.63) is 50.9 Å². The molecule has 1 heterocycles. The van der Waals surface area contributed by atoms with Crippen molar-refractivity contribution in [2.24, 2.45) is 0 Å². The fraction of sp³-hybridized carbons (Fsp3) is 0.308. The molecule has 1 aromatic carbocycles. The van der Waals surface area contributed by atoms with E-state index in [0.717, 1.165) is 17.4 Å². The minimum absolute atomic E-state index is 0.369. The van der Waals surface area contributed by atoms with Crippen LogP contribution >= 0.6 is 27.3 Å². The van der Waals surface area contributed by atoms with Crippen LogP contribution in [0.1, 0.15) is 23.4 Å². The summed E-state index contributed by atoms with van der Waals surface area (Å²) in [5.41, 5.74) is 3.23. The van der Waals surface area contributed by atoms with Gasteiger partial charge in [0.25, 0.3) is 0 Å². The number of nitrogens with zero attached hydrogens (tertiary/aromatic N) is 1. The molecule has 2 aromatic rings. The molecule has 1 atom stereocenters. The van der Waals surface area contributed by atoms with Gasteiger partial charge in [0.1, 0.15) is 0 Å². The van der Waals surface area contributed by atoms with Crippen molar-refractivity contribution in [2.75, 3.05) is 6.54 Å². The van der Waals surface area contributed by atoms with E-state index in [1.54, 1.807) is 11.3 Å². The van der Waals surface area contributed by atoms with Crippen LogP contribution in [0.25, 0.3) is 0 Å². The summed E-state index contributed by atoms with van der Waals surface area (Å²) in [5, 5.41) is 3.51. The van der Waals surface area contributed by atoms with Crippen LogP contribution in [0.2, 0.25) is 0 Å². The van der Waals surface area contributed by atoms with Gasteiger partial charge in [-0.1, -0.05) is 35.0 Å². The maximum absolute atomic E-state index is 4.15. The van der Waals surface area contributed by atoms with E-state index in [0.29, 0.717) is 6.04 Å². The second kappa shape index (κ2) is 6.28. The molecule has 0 saturated carbocycles. The minimum atomic E-state index is 0.369. The molecule has 1 unspecified atom stereocenters. The maximum Gasteiger partial charge on any atom is 0.0794 e. The van der Waals surface area contributed by atoms with Crippen molar-refractivity contribution >= 4 is 27.3 Å². The number of halogens is 1. The highest BCUT2D eigenvalue weighted by atomic mass is 79.9. The molecule has 0 radical (unpaired) electrons. The molecule has 2 nitrogen and oxygen atoms in total. The van der Waals surface area contributed by atoms with E-state index in [1.807, 2.05) is 11.7 Å². The minimum Gasteiger partial charge on any atom is -0.309 e. The monoisotopic (exact) mass is 310 g/mol. The molecule has 1 N–H and O–H groups in total. The lowest BCUT2D eigenvalue weighted by atomic mass is 10.1. The van der Waals surface area contributed by atoms with Crippen molar-refractivity contribution in [3.63, 3.8) is 0 Å². The molecular formula is C13H15BrN2S. The van der Waals surface area contributed by atoms with Gasteiger partial charge in [-0.3, -0.25) is 4.98 Å². The first kappa shape index (κ1) is 12.7. The van der Waals surface area contributed by atoms with Gasteiger partial charge >= 0.3 is 0 Å². The summed E-state index contributed by atoms with van der Waals surface area (Å²) in [4.78, 5) is 5.45. The summed E-state index contributed by atoms with van der Waals surface area (Å²) in [6.07, 6.45) is 2.96. The fourth-order valence-corrected chi connectivity index (χ4v) is 2.73. The highest BCUT2D eigenvalue weighted by molar-refractivity contribution is 9.10. The zero-order valence-electron chi connectivity index (χ0n) is 9.69. The molecular weight excluding hydrogens is 296 g/mol. The molecule has 2 rings (SSSR count). The van der Waals surface area contributed by atoms with Crippen LogP contribution in [-0.2, 0) is 6.42 Å². The van der Waals surface area contributed by atoms with E-state index in [2.05, 4.69) is 57.4 Å². The molecule has 0 amide bonds. The topological polar surface area (TPSA) is 24.9 Å². The van der Waals surface area contributed by atoms with Crippen LogP contribution < -0.4 is 5.32 Å². The largest absolute Gasteiger partial charge is 0.309 e. The molecule has 90 valence electrons. The Morgan fingerprint density at radius 3 is 2.71 bits per heavy atom. The molecule has 0 fully saturated rings. The first-order chi connectivity index (χ1) is 8.29. The second-order valence-corrected chi connectivity index (χ2v) is 5.68. The summed E-state index contributed by atoms with van der Waals surface area (Å²) >= 11 is 5.17. The van der Waals surface area contributed by atoms with Crippen LogP contribution in [0, 0.1) is 0 Å². The van der Waals surface area contributed by atoms with Crippen LogP contribution in [0.3, 0.4) is 0 Å². The van der Waals surface area contributed by atoms with Gasteiger partial charge in [-0.15, -0.1) is 11.3 Å². The van der Waals surface area contributed by atoms with Crippen LogP contribution in [-0.4, -0.2) is 11.5 Å². The van der Waals surface area contributed by atoms with Gasteiger partial charge in [0, 0.05) is 21.6 Å². The average molecular weight is 311 g/mol. The summed E-state index contributed by atoms with van der Waals surface area (Å²) < 4.78 is 1.12. The smallest absolute Gasteiger partial charge is 0.0794 e. The summed E-state index contributed by atoms with van der Waals surface area (Å²) in [6, 6.07) is 8.87. The predicted molar refractivity (Wildman–Crippen MR) is 76.4 cm³/mol. The van der Waals surface area contributed by atoms with E-state index in [1.165, 1.54) is 10.4 Å². The second-order valence-electron chi connectivity index (χ2n) is 3.84. The van der Waals surface area contributed by atoms with Crippen molar-refractivity contribution in [1.29, 1.82) is 0 Å². The quantitative estimate of drug-likeness (QED) is 0.908. The predicted octanol–water partition coefficient (Wildman–Crippen LogP) is 3.80. The molecule has 0 aliphatic rings. The number of nitrogens with one attached hydrogen (secondary N) is 1. The van der Waals surface area contributed by atoms with Crippen molar-refractivity contribution in [2.45, 2.75) is 19.4 Å². The number of rotatable bonds is 5. The Kier molecular flexibility index (Phi) is 4.71. The Hall–Kier alpha value is -0.710. The molecule has 1 aromatic heterocycles. The Morgan fingerprint density at radius 1 is 1.35 bits per heavy atom. The third-order valence-electron chi connectivity index (χ3n) is 2.60. The number of aromatic nitrogens is 1. The van der Waals surface area contributed by atoms with Crippen LogP contribution in [0.5, 0.6) is 0 Å². The lowest BCUT2D eigenvalue weighted by molar-refractivity contribution is 0.557. The van der Waals surface area contributed by atoms with E-state index in [4.69, 9.17) is 0 Å². The molecule has 0 aliphatic heterocycles. The highest BCUT2D eigenvalue weighted by Crippen LogP contribution is 2.22. The molecule has 17 heavy (non-hydrogen) atoms. The maximum atomic E-state index is 4.15. The average Bonchev–Trinajstić information content (AvgIpc) is 2.85. The van der Waals surface area contributed by atoms with Gasteiger partial charge < -0.3 is 5.32 Å². The Labute approximate surface area is 114 Å². The number of likely N-dealkylation sites (N-methyl/N-ethyl adjacent to an activating group) is 1. The van der Waals surface area contributed by atoms with Gasteiger partial charge in [-0.2, -0.15) is 0 Å². The van der Waals surface area contributed by atoms with Gasteiger partial charge in [0.2, 0.25) is 0 Å². The number of hydrogen-bond donors (Lipinski definition) is 1. The summed E-state index contributed by atoms with van der Waals surface area (Å²) in [6.45, 7) is 3.11. The third-order valence-corrected chi connectivity index (χ3v) is 4.02. The number of benzene rings is 1. The highest BCUT2D eigenvalue weighted by Gasteiger charge is 2.12. The normalized spacial score (nSPS) is 12.6. The van der Waals surface area contributed by atoms with E-state index in [-0.39, 0.29) is 0 Å². The van der Waals surface area contributed by atoms with E-state index in [9.17, 15) is 0 Å². The first-order valence-corrected chi connectivity index (χ1v) is 7.33. The van der Waals surface area contributed by atoms with E-state index >= 15 is 0 Å². The Bertz CT molecular complexity index is 439. The van der Waals surface area contributed by atoms with Gasteiger partial charge in [-0.25, -0.2) is 0 Å². The fourth-order valence-electron chi connectivity index (χ4n) is 1.77. The van der Waals surface area contributed by atoms with Crippen LogP contribution in [0.4, 0.5) is 0 Å². The zero-order valence-corrected chi connectivity index (χ0v) is 12.1. The SMILES string of the molecule is CCNC(Cc1ccc(Br)cc1)c1cncs1. The number of hydrogen-bond acceptors (Lipinski definition) is 3. The zero-order chi connectivity index (χ0) is 12.1.